The number of carbonyl (C=O) groups excluding carboxylic acids is 1. The first-order valence-corrected chi connectivity index (χ1v) is 5.65. The van der Waals surface area contributed by atoms with Gasteiger partial charge in [-0.1, -0.05) is 24.6 Å². The molecule has 0 unspecified atom stereocenters. The molecule has 0 N–H and O–H groups in total. The third kappa shape index (κ3) is 1.77. The van der Waals surface area contributed by atoms with E-state index in [0.29, 0.717) is 11.7 Å². The summed E-state index contributed by atoms with van der Waals surface area (Å²) >= 11 is 2.23. The van der Waals surface area contributed by atoms with Crippen LogP contribution >= 0.6 is 22.6 Å². The Morgan fingerprint density at radius 2 is 2.00 bits per heavy atom. The van der Waals surface area contributed by atoms with Crippen molar-refractivity contribution in [3.63, 3.8) is 0 Å². The molecule has 0 heterocycles. The average molecular weight is 286 g/mol. The molecule has 13 heavy (non-hydrogen) atoms. The van der Waals surface area contributed by atoms with Crippen LogP contribution in [0.25, 0.3) is 0 Å². The lowest BCUT2D eigenvalue weighted by Gasteiger charge is -2.24. The van der Waals surface area contributed by atoms with Crippen molar-refractivity contribution in [2.75, 3.05) is 0 Å². The maximum atomic E-state index is 11.8. The molecule has 0 radical (unpaired) electrons. The van der Waals surface area contributed by atoms with Crippen LogP contribution in [0, 0.1) is 9.49 Å². The van der Waals surface area contributed by atoms with Crippen LogP contribution in [-0.2, 0) is 0 Å². The number of halogens is 1. The van der Waals surface area contributed by atoms with E-state index in [9.17, 15) is 4.79 Å². The van der Waals surface area contributed by atoms with Crippen molar-refractivity contribution >= 4 is 28.4 Å². The van der Waals surface area contributed by atoms with Gasteiger partial charge >= 0.3 is 0 Å². The van der Waals surface area contributed by atoms with Crippen molar-refractivity contribution in [1.29, 1.82) is 0 Å². The average Bonchev–Trinajstić information content (AvgIpc) is 2.01. The van der Waals surface area contributed by atoms with Crippen LogP contribution in [0.5, 0.6) is 0 Å². The van der Waals surface area contributed by atoms with Crippen molar-refractivity contribution in [1.82, 2.24) is 0 Å². The molecule has 1 aromatic rings. The highest BCUT2D eigenvalue weighted by molar-refractivity contribution is 14.1. The van der Waals surface area contributed by atoms with Gasteiger partial charge in [0, 0.05) is 15.1 Å². The standard InChI is InChI=1S/C11H11IO/c12-10-7-2-1-6-9(10)11(13)8-4-3-5-8/h1-2,6-8H,3-5H2. The fourth-order valence-corrected chi connectivity index (χ4v) is 2.20. The first-order chi connectivity index (χ1) is 6.29. The molecular weight excluding hydrogens is 275 g/mol. The first-order valence-electron chi connectivity index (χ1n) is 4.58. The Kier molecular flexibility index (Phi) is 2.67. The van der Waals surface area contributed by atoms with Crippen LogP contribution in [0.3, 0.4) is 0 Å². The van der Waals surface area contributed by atoms with Crippen molar-refractivity contribution in [2.24, 2.45) is 5.92 Å². The first kappa shape index (κ1) is 9.19. The van der Waals surface area contributed by atoms with E-state index in [2.05, 4.69) is 22.6 Å². The van der Waals surface area contributed by atoms with Crippen molar-refractivity contribution in [3.8, 4) is 0 Å². The maximum absolute atomic E-state index is 11.8. The molecule has 1 fully saturated rings. The summed E-state index contributed by atoms with van der Waals surface area (Å²) in [5.41, 5.74) is 0.910. The number of hydrogen-bond acceptors (Lipinski definition) is 1. The Balaban J connectivity index is 2.24. The third-order valence-corrected chi connectivity index (χ3v) is 3.56. The lowest BCUT2D eigenvalue weighted by molar-refractivity contribution is 0.0854. The van der Waals surface area contributed by atoms with Gasteiger partial charge in [0.25, 0.3) is 0 Å². The quantitative estimate of drug-likeness (QED) is 0.602. The van der Waals surface area contributed by atoms with Crippen molar-refractivity contribution < 1.29 is 4.79 Å². The minimum Gasteiger partial charge on any atom is -0.294 e. The summed E-state index contributed by atoms with van der Waals surface area (Å²) in [5.74, 6) is 0.659. The van der Waals surface area contributed by atoms with E-state index in [0.717, 1.165) is 22.0 Å². The second kappa shape index (κ2) is 3.78. The summed E-state index contributed by atoms with van der Waals surface area (Å²) in [6.45, 7) is 0. The predicted molar refractivity (Wildman–Crippen MR) is 60.8 cm³/mol. The molecule has 0 spiro atoms. The molecule has 0 amide bonds. The van der Waals surface area contributed by atoms with Gasteiger partial charge in [-0.15, -0.1) is 0 Å². The van der Waals surface area contributed by atoms with Crippen LogP contribution in [0.2, 0.25) is 0 Å². The summed E-state index contributed by atoms with van der Waals surface area (Å²) in [7, 11) is 0. The Labute approximate surface area is 91.7 Å². The van der Waals surface area contributed by atoms with Gasteiger partial charge in [0.15, 0.2) is 5.78 Å². The van der Waals surface area contributed by atoms with Crippen LogP contribution in [-0.4, -0.2) is 5.78 Å². The fourth-order valence-electron chi connectivity index (χ4n) is 1.55. The molecule has 0 aromatic heterocycles. The number of benzene rings is 1. The minimum atomic E-state index is 0.316. The van der Waals surface area contributed by atoms with E-state index < -0.39 is 0 Å². The van der Waals surface area contributed by atoms with Gasteiger partial charge in [0.1, 0.15) is 0 Å². The molecule has 1 nitrogen and oxygen atoms in total. The SMILES string of the molecule is O=C(c1ccccc1I)C1CCC1. The molecule has 0 aliphatic heterocycles. The predicted octanol–water partition coefficient (Wildman–Crippen LogP) is 3.27. The molecule has 1 aliphatic rings. The summed E-state index contributed by atoms with van der Waals surface area (Å²) in [4.78, 5) is 11.8. The molecular formula is C11H11IO. The van der Waals surface area contributed by atoms with Crippen LogP contribution in [0.4, 0.5) is 0 Å². The van der Waals surface area contributed by atoms with E-state index in [1.165, 1.54) is 6.42 Å². The normalized spacial score (nSPS) is 16.7. The molecule has 2 rings (SSSR count). The van der Waals surface area contributed by atoms with E-state index in [4.69, 9.17) is 0 Å². The van der Waals surface area contributed by atoms with Crippen molar-refractivity contribution in [2.45, 2.75) is 19.3 Å². The lowest BCUT2D eigenvalue weighted by Crippen LogP contribution is -2.22. The Morgan fingerprint density at radius 1 is 1.31 bits per heavy atom. The lowest BCUT2D eigenvalue weighted by atomic mass is 9.80. The summed E-state index contributed by atoms with van der Waals surface area (Å²) in [5, 5.41) is 0. The molecule has 0 atom stereocenters. The van der Waals surface area contributed by atoms with Crippen LogP contribution < -0.4 is 0 Å². The van der Waals surface area contributed by atoms with Gasteiger partial charge in [0.05, 0.1) is 0 Å². The number of ketones is 1. The van der Waals surface area contributed by atoms with Crippen LogP contribution in [0.15, 0.2) is 24.3 Å². The van der Waals surface area contributed by atoms with Gasteiger partial charge in [0.2, 0.25) is 0 Å². The summed E-state index contributed by atoms with van der Waals surface area (Å²) in [6, 6.07) is 7.84. The second-order valence-corrected chi connectivity index (χ2v) is 4.63. The Hall–Kier alpha value is -0.380. The number of hydrogen-bond donors (Lipinski definition) is 0. The summed E-state index contributed by atoms with van der Waals surface area (Å²) in [6.07, 6.45) is 3.40. The molecule has 1 aliphatic carbocycles. The maximum Gasteiger partial charge on any atom is 0.167 e. The van der Waals surface area contributed by atoms with E-state index in [1.807, 2.05) is 24.3 Å². The van der Waals surface area contributed by atoms with Gasteiger partial charge in [-0.2, -0.15) is 0 Å². The number of rotatable bonds is 2. The van der Waals surface area contributed by atoms with Crippen molar-refractivity contribution in [3.05, 3.63) is 33.4 Å². The molecule has 2 heteroatoms. The Bertz CT molecular complexity index is 329. The molecule has 1 saturated carbocycles. The Morgan fingerprint density at radius 3 is 2.54 bits per heavy atom. The zero-order valence-electron chi connectivity index (χ0n) is 7.29. The van der Waals surface area contributed by atoms with E-state index >= 15 is 0 Å². The molecule has 0 bridgehead atoms. The molecule has 0 saturated heterocycles. The van der Waals surface area contributed by atoms with Gasteiger partial charge in [-0.05, 0) is 41.5 Å². The highest BCUT2D eigenvalue weighted by Crippen LogP contribution is 2.30. The number of carbonyl (C=O) groups is 1. The number of Topliss-reactive ketones (excluding diaryl/α,β-unsaturated/α-hetero) is 1. The highest BCUT2D eigenvalue weighted by atomic mass is 127. The van der Waals surface area contributed by atoms with E-state index in [-0.39, 0.29) is 0 Å². The minimum absolute atomic E-state index is 0.316. The van der Waals surface area contributed by atoms with Crippen LogP contribution in [0.1, 0.15) is 29.6 Å². The summed E-state index contributed by atoms with van der Waals surface area (Å²) < 4.78 is 1.08. The zero-order chi connectivity index (χ0) is 9.26. The largest absolute Gasteiger partial charge is 0.294 e. The molecule has 1 aromatic carbocycles. The van der Waals surface area contributed by atoms with E-state index in [1.54, 1.807) is 0 Å². The zero-order valence-corrected chi connectivity index (χ0v) is 9.45. The third-order valence-electron chi connectivity index (χ3n) is 2.62. The monoisotopic (exact) mass is 286 g/mol. The van der Waals surface area contributed by atoms with Gasteiger partial charge in [-0.3, -0.25) is 4.79 Å². The topological polar surface area (TPSA) is 17.1 Å². The van der Waals surface area contributed by atoms with Gasteiger partial charge < -0.3 is 0 Å². The highest BCUT2D eigenvalue weighted by Gasteiger charge is 2.26. The second-order valence-electron chi connectivity index (χ2n) is 3.47. The van der Waals surface area contributed by atoms with Gasteiger partial charge in [-0.25, -0.2) is 0 Å². The molecule has 68 valence electrons. The smallest absolute Gasteiger partial charge is 0.167 e. The fraction of sp³-hybridized carbons (Fsp3) is 0.364.